The van der Waals surface area contributed by atoms with Crippen LogP contribution in [0.2, 0.25) is 0 Å². The van der Waals surface area contributed by atoms with Crippen molar-refractivity contribution in [1.82, 2.24) is 24.6 Å². The lowest BCUT2D eigenvalue weighted by Crippen LogP contribution is -2.29. The number of aromatic nitrogens is 4. The minimum Gasteiger partial charge on any atom is -0.336 e. The van der Waals surface area contributed by atoms with Gasteiger partial charge in [-0.25, -0.2) is 4.98 Å². The first-order valence-corrected chi connectivity index (χ1v) is 9.65. The number of benzene rings is 1. The van der Waals surface area contributed by atoms with Gasteiger partial charge in [-0.15, -0.1) is 0 Å². The van der Waals surface area contributed by atoms with E-state index in [0.717, 1.165) is 47.0 Å². The maximum atomic E-state index is 13.1. The number of hydrogen-bond donors (Lipinski definition) is 0. The van der Waals surface area contributed by atoms with Crippen LogP contribution < -0.4 is 0 Å². The molecule has 1 fully saturated rings. The van der Waals surface area contributed by atoms with E-state index in [9.17, 15) is 4.79 Å². The van der Waals surface area contributed by atoms with Crippen LogP contribution in [0.15, 0.2) is 36.5 Å². The minimum atomic E-state index is 0.0594. The summed E-state index contributed by atoms with van der Waals surface area (Å²) in [7, 11) is 0. The van der Waals surface area contributed by atoms with Gasteiger partial charge in [0.1, 0.15) is 0 Å². The molecule has 3 heterocycles. The average Bonchev–Trinajstić information content (AvgIpc) is 3.29. The predicted octanol–water partition coefficient (Wildman–Crippen LogP) is 3.66. The molecule has 6 nitrogen and oxygen atoms in total. The van der Waals surface area contributed by atoms with Crippen molar-refractivity contribution >= 4 is 5.91 Å². The fraction of sp³-hybridized carbons (Fsp3) is 0.364. The Bertz CT molecular complexity index is 1040. The summed E-state index contributed by atoms with van der Waals surface area (Å²) in [6.45, 7) is 9.37. The Kier molecular flexibility index (Phi) is 4.71. The Morgan fingerprint density at radius 3 is 2.68 bits per heavy atom. The van der Waals surface area contributed by atoms with Crippen LogP contribution in [0.1, 0.15) is 45.6 Å². The molecule has 0 unspecified atom stereocenters. The van der Waals surface area contributed by atoms with E-state index in [-0.39, 0.29) is 11.9 Å². The Balaban J connectivity index is 1.56. The summed E-state index contributed by atoms with van der Waals surface area (Å²) in [6, 6.07) is 10.0. The van der Waals surface area contributed by atoms with Crippen LogP contribution >= 0.6 is 0 Å². The van der Waals surface area contributed by atoms with E-state index >= 15 is 0 Å². The topological polar surface area (TPSA) is 63.9 Å². The second-order valence-corrected chi connectivity index (χ2v) is 7.59. The Labute approximate surface area is 165 Å². The van der Waals surface area contributed by atoms with Crippen molar-refractivity contribution in [2.24, 2.45) is 0 Å². The van der Waals surface area contributed by atoms with Crippen LogP contribution in [0, 0.1) is 27.7 Å². The third-order valence-electron chi connectivity index (χ3n) is 5.30. The van der Waals surface area contributed by atoms with Crippen LogP contribution in [-0.4, -0.2) is 43.6 Å². The smallest absolute Gasteiger partial charge is 0.253 e. The standard InChI is InChI=1S/C22H25N5O/c1-14-10-16(3)27(25-14)20-8-9-26(13-20)22(28)19-7-5-6-18(11-19)21-17(4)23-12-15(2)24-21/h5-7,10-12,20H,8-9,13H2,1-4H3/t20-/m1/s1. The molecule has 0 aliphatic carbocycles. The molecule has 2 aromatic heterocycles. The molecule has 0 bridgehead atoms. The quantitative estimate of drug-likeness (QED) is 0.701. The first-order valence-electron chi connectivity index (χ1n) is 9.65. The molecular formula is C22H25N5O. The van der Waals surface area contributed by atoms with Gasteiger partial charge in [0.15, 0.2) is 0 Å². The van der Waals surface area contributed by atoms with E-state index in [4.69, 9.17) is 0 Å². The van der Waals surface area contributed by atoms with Crippen molar-refractivity contribution in [2.45, 2.75) is 40.2 Å². The summed E-state index contributed by atoms with van der Waals surface area (Å²) in [4.78, 5) is 24.0. The van der Waals surface area contributed by atoms with Gasteiger partial charge in [0.2, 0.25) is 0 Å². The normalized spacial score (nSPS) is 16.6. The number of carbonyl (C=O) groups excluding carboxylic acids is 1. The monoisotopic (exact) mass is 375 g/mol. The number of nitrogens with zero attached hydrogens (tertiary/aromatic N) is 5. The van der Waals surface area contributed by atoms with Gasteiger partial charge in [-0.1, -0.05) is 12.1 Å². The molecule has 1 aliphatic rings. The molecule has 3 aromatic rings. The van der Waals surface area contributed by atoms with Crippen LogP contribution in [0.3, 0.4) is 0 Å². The Morgan fingerprint density at radius 1 is 1.11 bits per heavy atom. The van der Waals surface area contributed by atoms with Crippen LogP contribution in [0.4, 0.5) is 0 Å². The fourth-order valence-electron chi connectivity index (χ4n) is 3.93. The van der Waals surface area contributed by atoms with Crippen molar-refractivity contribution in [3.8, 4) is 11.3 Å². The van der Waals surface area contributed by atoms with Crippen molar-refractivity contribution in [3.63, 3.8) is 0 Å². The van der Waals surface area contributed by atoms with Gasteiger partial charge in [0, 0.05) is 36.1 Å². The van der Waals surface area contributed by atoms with Crippen LogP contribution in [-0.2, 0) is 0 Å². The molecule has 6 heteroatoms. The molecule has 4 rings (SSSR count). The molecule has 1 aromatic carbocycles. The summed E-state index contributed by atoms with van der Waals surface area (Å²) >= 11 is 0. The zero-order valence-corrected chi connectivity index (χ0v) is 16.8. The number of hydrogen-bond acceptors (Lipinski definition) is 4. The number of carbonyl (C=O) groups is 1. The maximum absolute atomic E-state index is 13.1. The first kappa shape index (κ1) is 18.3. The number of rotatable bonds is 3. The molecule has 1 aliphatic heterocycles. The highest BCUT2D eigenvalue weighted by molar-refractivity contribution is 5.95. The molecule has 0 spiro atoms. The number of likely N-dealkylation sites (tertiary alicyclic amines) is 1. The van der Waals surface area contributed by atoms with E-state index in [1.165, 1.54) is 0 Å². The summed E-state index contributed by atoms with van der Waals surface area (Å²) in [6.07, 6.45) is 2.69. The third-order valence-corrected chi connectivity index (χ3v) is 5.30. The molecule has 1 saturated heterocycles. The third kappa shape index (κ3) is 3.42. The second kappa shape index (κ2) is 7.19. The van der Waals surface area contributed by atoms with Gasteiger partial charge in [-0.3, -0.25) is 14.5 Å². The molecule has 1 atom stereocenters. The lowest BCUT2D eigenvalue weighted by Gasteiger charge is -2.18. The summed E-state index contributed by atoms with van der Waals surface area (Å²) < 4.78 is 2.06. The van der Waals surface area contributed by atoms with Crippen LogP contribution in [0.5, 0.6) is 0 Å². The molecule has 0 saturated carbocycles. The molecule has 1 amide bonds. The molecule has 144 valence electrons. The van der Waals surface area contributed by atoms with E-state index in [1.807, 2.05) is 49.9 Å². The zero-order chi connectivity index (χ0) is 19.8. The van der Waals surface area contributed by atoms with Gasteiger partial charge in [0.25, 0.3) is 5.91 Å². The summed E-state index contributed by atoms with van der Waals surface area (Å²) in [5.41, 5.74) is 6.34. The van der Waals surface area contributed by atoms with Gasteiger partial charge in [0.05, 0.1) is 28.8 Å². The Morgan fingerprint density at radius 2 is 1.93 bits per heavy atom. The summed E-state index contributed by atoms with van der Waals surface area (Å²) in [5, 5.41) is 4.59. The highest BCUT2D eigenvalue weighted by Crippen LogP contribution is 2.26. The SMILES string of the molecule is Cc1cnc(C)c(-c2cccc(C(=O)N3CC[C@@H](n4nc(C)cc4C)C3)c2)n1. The average molecular weight is 375 g/mol. The highest BCUT2D eigenvalue weighted by atomic mass is 16.2. The van der Waals surface area contributed by atoms with Crippen LogP contribution in [0.25, 0.3) is 11.3 Å². The van der Waals surface area contributed by atoms with E-state index < -0.39 is 0 Å². The predicted molar refractivity (Wildman–Crippen MR) is 108 cm³/mol. The minimum absolute atomic E-state index is 0.0594. The van der Waals surface area contributed by atoms with Gasteiger partial charge >= 0.3 is 0 Å². The lowest BCUT2D eigenvalue weighted by molar-refractivity contribution is 0.0787. The second-order valence-electron chi connectivity index (χ2n) is 7.59. The van der Waals surface area contributed by atoms with E-state index in [2.05, 4.69) is 32.7 Å². The van der Waals surface area contributed by atoms with E-state index in [0.29, 0.717) is 12.1 Å². The molecule has 0 N–H and O–H groups in total. The van der Waals surface area contributed by atoms with Crippen molar-refractivity contribution in [2.75, 3.05) is 13.1 Å². The maximum Gasteiger partial charge on any atom is 0.253 e. The summed E-state index contributed by atoms with van der Waals surface area (Å²) in [5.74, 6) is 0.0594. The fourth-order valence-corrected chi connectivity index (χ4v) is 3.93. The van der Waals surface area contributed by atoms with Crippen molar-refractivity contribution < 1.29 is 4.79 Å². The zero-order valence-electron chi connectivity index (χ0n) is 16.8. The lowest BCUT2D eigenvalue weighted by atomic mass is 10.1. The van der Waals surface area contributed by atoms with Crippen molar-refractivity contribution in [1.29, 1.82) is 0 Å². The Hall–Kier alpha value is -3.02. The molecule has 0 radical (unpaired) electrons. The molecular weight excluding hydrogens is 350 g/mol. The number of amides is 1. The first-order chi connectivity index (χ1) is 13.4. The largest absolute Gasteiger partial charge is 0.336 e. The van der Waals surface area contributed by atoms with Crippen molar-refractivity contribution in [3.05, 3.63) is 64.9 Å². The molecule has 28 heavy (non-hydrogen) atoms. The van der Waals surface area contributed by atoms with Gasteiger partial charge in [-0.2, -0.15) is 5.10 Å². The van der Waals surface area contributed by atoms with E-state index in [1.54, 1.807) is 6.20 Å². The van der Waals surface area contributed by atoms with Gasteiger partial charge < -0.3 is 4.90 Å². The highest BCUT2D eigenvalue weighted by Gasteiger charge is 2.29. The number of aryl methyl sites for hydroxylation is 4. The van der Waals surface area contributed by atoms with Gasteiger partial charge in [-0.05, 0) is 52.3 Å².